The summed E-state index contributed by atoms with van der Waals surface area (Å²) in [5.41, 5.74) is 2.45. The number of aliphatic hydroxyl groups is 1. The highest BCUT2D eigenvalue weighted by Gasteiger charge is 2.17. The first-order valence-electron chi connectivity index (χ1n) is 9.46. The molecule has 7 heteroatoms. The second-order valence-electron chi connectivity index (χ2n) is 7.38. The number of benzene rings is 2. The molecule has 2 heterocycles. The van der Waals surface area contributed by atoms with Crippen molar-refractivity contribution >= 4 is 17.0 Å². The molecule has 0 bridgehead atoms. The fourth-order valence-electron chi connectivity index (χ4n) is 2.96. The summed E-state index contributed by atoms with van der Waals surface area (Å²) in [6.45, 7) is 3.80. The smallest absolute Gasteiger partial charge is 0.257 e. The van der Waals surface area contributed by atoms with E-state index in [0.717, 1.165) is 16.6 Å². The number of nitrogens with zero attached hydrogens (tertiary/aromatic N) is 2. The van der Waals surface area contributed by atoms with E-state index in [9.17, 15) is 9.90 Å². The molecule has 2 aromatic heterocycles. The molecule has 0 unspecified atom stereocenters. The van der Waals surface area contributed by atoms with Gasteiger partial charge in [-0.05, 0) is 49.2 Å². The van der Waals surface area contributed by atoms with Crippen LogP contribution in [0.1, 0.15) is 35.3 Å². The van der Waals surface area contributed by atoms with Crippen LogP contribution in [-0.2, 0) is 12.1 Å². The summed E-state index contributed by atoms with van der Waals surface area (Å²) in [5.74, 6) is 0.394. The van der Waals surface area contributed by atoms with Crippen LogP contribution in [0, 0.1) is 0 Å². The van der Waals surface area contributed by atoms with E-state index in [2.05, 4.69) is 15.3 Å². The molecule has 0 saturated heterocycles. The Hall–Kier alpha value is -3.71. The summed E-state index contributed by atoms with van der Waals surface area (Å²) >= 11 is 0. The molecule has 7 nitrogen and oxygen atoms in total. The normalized spacial score (nSPS) is 11.4. The van der Waals surface area contributed by atoms with Gasteiger partial charge < -0.3 is 19.6 Å². The Morgan fingerprint density at radius 2 is 1.93 bits per heavy atom. The van der Waals surface area contributed by atoms with Crippen LogP contribution < -0.4 is 10.1 Å². The van der Waals surface area contributed by atoms with Crippen molar-refractivity contribution in [1.82, 2.24) is 15.3 Å². The van der Waals surface area contributed by atoms with Crippen LogP contribution in [-0.4, -0.2) is 21.0 Å². The molecular weight excluding hydrogens is 382 g/mol. The molecule has 0 atom stereocenters. The maximum absolute atomic E-state index is 12.7. The van der Waals surface area contributed by atoms with Crippen LogP contribution in [0.2, 0.25) is 0 Å². The molecule has 0 aliphatic carbocycles. The number of hydrogen-bond donors (Lipinski definition) is 2. The first-order valence-corrected chi connectivity index (χ1v) is 9.46. The van der Waals surface area contributed by atoms with Crippen molar-refractivity contribution in [2.75, 3.05) is 0 Å². The number of nitrogens with one attached hydrogen (secondary N) is 1. The minimum absolute atomic E-state index is 0.200. The lowest BCUT2D eigenvalue weighted by Crippen LogP contribution is -2.23. The van der Waals surface area contributed by atoms with E-state index in [1.54, 1.807) is 50.4 Å². The lowest BCUT2D eigenvalue weighted by molar-refractivity contribution is 0.0785. The Kier molecular flexibility index (Phi) is 5.20. The fraction of sp³-hybridized carbons (Fsp3) is 0.174. The number of oxazole rings is 1. The molecule has 4 rings (SSSR count). The summed E-state index contributed by atoms with van der Waals surface area (Å²) in [6, 6.07) is 16.0. The van der Waals surface area contributed by atoms with Gasteiger partial charge in [0, 0.05) is 18.8 Å². The minimum Gasteiger partial charge on any atom is -0.443 e. The minimum atomic E-state index is -0.904. The Morgan fingerprint density at radius 3 is 2.70 bits per heavy atom. The lowest BCUT2D eigenvalue weighted by atomic mass is 9.97. The highest BCUT2D eigenvalue weighted by molar-refractivity contribution is 5.96. The Balaban J connectivity index is 1.46. The van der Waals surface area contributed by atoms with Crippen LogP contribution in [0.25, 0.3) is 11.1 Å². The van der Waals surface area contributed by atoms with E-state index >= 15 is 0 Å². The van der Waals surface area contributed by atoms with Crippen LogP contribution in [0.15, 0.2) is 71.6 Å². The number of rotatable bonds is 6. The quantitative estimate of drug-likeness (QED) is 0.501. The predicted molar refractivity (Wildman–Crippen MR) is 111 cm³/mol. The van der Waals surface area contributed by atoms with E-state index in [0.29, 0.717) is 23.4 Å². The maximum Gasteiger partial charge on any atom is 0.257 e. The van der Waals surface area contributed by atoms with Gasteiger partial charge >= 0.3 is 0 Å². The summed E-state index contributed by atoms with van der Waals surface area (Å²) in [4.78, 5) is 21.0. The maximum atomic E-state index is 12.7. The van der Waals surface area contributed by atoms with Crippen LogP contribution in [0.4, 0.5) is 0 Å². The molecular formula is C23H21N3O4. The zero-order valence-corrected chi connectivity index (χ0v) is 16.6. The summed E-state index contributed by atoms with van der Waals surface area (Å²) in [5, 5.41) is 12.9. The largest absolute Gasteiger partial charge is 0.443 e. The molecule has 1 amide bonds. The SMILES string of the molecule is CC(C)(O)c1ccc(CNC(=O)c2cccnc2Oc2ccc3ncoc3c2)cc1. The van der Waals surface area contributed by atoms with Crippen molar-refractivity contribution in [2.45, 2.75) is 26.0 Å². The van der Waals surface area contributed by atoms with Crippen molar-refractivity contribution in [3.05, 3.63) is 83.9 Å². The van der Waals surface area contributed by atoms with E-state index < -0.39 is 5.60 Å². The molecule has 0 aliphatic rings. The van der Waals surface area contributed by atoms with Gasteiger partial charge in [-0.15, -0.1) is 0 Å². The van der Waals surface area contributed by atoms with Gasteiger partial charge in [0.25, 0.3) is 5.91 Å². The number of hydrogen-bond acceptors (Lipinski definition) is 6. The summed E-state index contributed by atoms with van der Waals surface area (Å²) in [7, 11) is 0. The average molecular weight is 403 g/mol. The number of pyridine rings is 1. The third kappa shape index (κ3) is 4.31. The number of amides is 1. The number of fused-ring (bicyclic) bond motifs is 1. The third-order valence-electron chi connectivity index (χ3n) is 4.65. The summed E-state index contributed by atoms with van der Waals surface area (Å²) in [6.07, 6.45) is 2.93. The Morgan fingerprint density at radius 1 is 1.13 bits per heavy atom. The molecule has 0 fully saturated rings. The van der Waals surface area contributed by atoms with Crippen molar-refractivity contribution in [1.29, 1.82) is 0 Å². The third-order valence-corrected chi connectivity index (χ3v) is 4.65. The van der Waals surface area contributed by atoms with Gasteiger partial charge in [0.1, 0.15) is 16.8 Å². The molecule has 2 N–H and O–H groups in total. The van der Waals surface area contributed by atoms with Crippen LogP contribution >= 0.6 is 0 Å². The van der Waals surface area contributed by atoms with E-state index in [1.807, 2.05) is 24.3 Å². The molecule has 0 aliphatic heterocycles. The monoisotopic (exact) mass is 403 g/mol. The van der Waals surface area contributed by atoms with Gasteiger partial charge in [0.05, 0.1) is 5.60 Å². The Labute approximate surface area is 173 Å². The molecule has 0 spiro atoms. The first-order chi connectivity index (χ1) is 14.4. The van der Waals surface area contributed by atoms with E-state index in [1.165, 1.54) is 6.39 Å². The predicted octanol–water partition coefficient (Wildman–Crippen LogP) is 4.17. The van der Waals surface area contributed by atoms with Crippen molar-refractivity contribution < 1.29 is 19.1 Å². The number of carbonyl (C=O) groups excluding carboxylic acids is 1. The second kappa shape index (κ2) is 7.96. The van der Waals surface area contributed by atoms with Gasteiger partial charge in [-0.25, -0.2) is 9.97 Å². The second-order valence-corrected chi connectivity index (χ2v) is 7.38. The van der Waals surface area contributed by atoms with Crippen molar-refractivity contribution in [3.63, 3.8) is 0 Å². The molecule has 0 saturated carbocycles. The molecule has 152 valence electrons. The highest BCUT2D eigenvalue weighted by atomic mass is 16.5. The van der Waals surface area contributed by atoms with E-state index in [-0.39, 0.29) is 11.8 Å². The van der Waals surface area contributed by atoms with E-state index in [4.69, 9.17) is 9.15 Å². The molecule has 2 aromatic carbocycles. The lowest BCUT2D eigenvalue weighted by Gasteiger charge is -2.18. The highest BCUT2D eigenvalue weighted by Crippen LogP contribution is 2.26. The number of aromatic nitrogens is 2. The standard InChI is InChI=1S/C23H21N3O4/c1-23(2,28)16-7-5-15(6-8-16)13-25-21(27)18-4-3-11-24-22(18)30-17-9-10-19-20(12-17)29-14-26-19/h3-12,14,28H,13H2,1-2H3,(H,25,27). The van der Waals surface area contributed by atoms with Crippen LogP contribution in [0.5, 0.6) is 11.6 Å². The summed E-state index contributed by atoms with van der Waals surface area (Å²) < 4.78 is 11.1. The molecule has 0 radical (unpaired) electrons. The molecule has 4 aromatic rings. The zero-order valence-electron chi connectivity index (χ0n) is 16.6. The van der Waals surface area contributed by atoms with Gasteiger partial charge in [-0.2, -0.15) is 0 Å². The fourth-order valence-corrected chi connectivity index (χ4v) is 2.96. The topological polar surface area (TPSA) is 97.5 Å². The van der Waals surface area contributed by atoms with Crippen molar-refractivity contribution in [3.8, 4) is 11.6 Å². The van der Waals surface area contributed by atoms with Gasteiger partial charge in [-0.3, -0.25) is 4.79 Å². The van der Waals surface area contributed by atoms with Crippen LogP contribution in [0.3, 0.4) is 0 Å². The van der Waals surface area contributed by atoms with Gasteiger partial charge in [0.15, 0.2) is 12.0 Å². The van der Waals surface area contributed by atoms with Gasteiger partial charge in [-0.1, -0.05) is 24.3 Å². The molecule has 30 heavy (non-hydrogen) atoms. The van der Waals surface area contributed by atoms with Crippen molar-refractivity contribution in [2.24, 2.45) is 0 Å². The Bertz CT molecular complexity index is 1180. The number of carbonyl (C=O) groups is 1. The zero-order chi connectivity index (χ0) is 21.1. The average Bonchev–Trinajstić information content (AvgIpc) is 3.20. The first kappa shape index (κ1) is 19.6. The van der Waals surface area contributed by atoms with Gasteiger partial charge in [0.2, 0.25) is 5.88 Å². The number of ether oxygens (including phenoxy) is 1.